The molecule has 22 heavy (non-hydrogen) atoms. The molecule has 0 aliphatic heterocycles. The van der Waals surface area contributed by atoms with Crippen LogP contribution in [0.1, 0.15) is 44.0 Å². The van der Waals surface area contributed by atoms with Crippen LogP contribution in [0.25, 0.3) is 21.8 Å². The second-order valence-electron chi connectivity index (χ2n) is 6.24. The minimum Gasteiger partial charge on any atom is -0.340 e. The molecule has 0 atom stereocenters. The predicted molar refractivity (Wildman–Crippen MR) is 93.5 cm³/mol. The number of aryl methyl sites for hydroxylation is 1. The van der Waals surface area contributed by atoms with E-state index in [-0.39, 0.29) is 11.7 Å². The largest absolute Gasteiger partial charge is 0.340 e. The molecule has 0 saturated heterocycles. The van der Waals surface area contributed by atoms with Crippen LogP contribution < -0.4 is 0 Å². The maximum atomic E-state index is 12.6. The highest BCUT2D eigenvalue weighted by atomic mass is 16.1. The second kappa shape index (κ2) is 5.96. The van der Waals surface area contributed by atoms with Crippen LogP contribution >= 0.6 is 0 Å². The Morgan fingerprint density at radius 3 is 2.50 bits per heavy atom. The number of carbonyl (C=O) groups excluding carboxylic acids is 1. The average Bonchev–Trinajstić information content (AvgIpc) is 2.86. The summed E-state index contributed by atoms with van der Waals surface area (Å²) in [6.45, 7) is 7.11. The molecule has 0 bridgehead atoms. The zero-order valence-electron chi connectivity index (χ0n) is 13.6. The van der Waals surface area contributed by atoms with E-state index in [1.165, 1.54) is 16.3 Å². The third-order valence-electron chi connectivity index (χ3n) is 4.32. The molecule has 2 aromatic carbocycles. The van der Waals surface area contributed by atoms with Gasteiger partial charge in [0.2, 0.25) is 0 Å². The van der Waals surface area contributed by atoms with E-state index in [0.29, 0.717) is 0 Å². The van der Waals surface area contributed by atoms with Gasteiger partial charge in [-0.3, -0.25) is 4.79 Å². The molecule has 2 nitrogen and oxygen atoms in total. The number of hydrogen-bond donors (Lipinski definition) is 0. The van der Waals surface area contributed by atoms with Gasteiger partial charge in [-0.25, -0.2) is 0 Å². The van der Waals surface area contributed by atoms with Crippen molar-refractivity contribution in [3.05, 3.63) is 48.0 Å². The molecule has 2 heteroatoms. The summed E-state index contributed by atoms with van der Waals surface area (Å²) in [4.78, 5) is 12.6. The summed E-state index contributed by atoms with van der Waals surface area (Å²) in [5.74, 6) is 0.245. The second-order valence-corrected chi connectivity index (χ2v) is 6.24. The number of fused-ring (bicyclic) bond motifs is 3. The third kappa shape index (κ3) is 2.33. The average molecular weight is 293 g/mol. The zero-order valence-corrected chi connectivity index (χ0v) is 13.6. The lowest BCUT2D eigenvalue weighted by atomic mass is 9.98. The number of Topliss-reactive ketones (excluding diaryl/α,β-unsaturated/α-hetero) is 1. The molecule has 0 N–H and O–H groups in total. The molecule has 0 radical (unpaired) electrons. The summed E-state index contributed by atoms with van der Waals surface area (Å²) < 4.78 is 2.34. The first kappa shape index (κ1) is 14.8. The molecular formula is C20H23NO. The number of ketones is 1. The van der Waals surface area contributed by atoms with Crippen molar-refractivity contribution in [1.82, 2.24) is 4.57 Å². The lowest BCUT2D eigenvalue weighted by Crippen LogP contribution is -2.10. The number of nitrogens with zero attached hydrogens (tertiary/aromatic N) is 1. The van der Waals surface area contributed by atoms with Crippen LogP contribution in [-0.2, 0) is 6.54 Å². The predicted octanol–water partition coefficient (Wildman–Crippen LogP) is 5.43. The van der Waals surface area contributed by atoms with Gasteiger partial charge in [-0.1, -0.05) is 57.5 Å². The van der Waals surface area contributed by atoms with E-state index < -0.39 is 0 Å². The Labute approximate surface area is 131 Å². The van der Waals surface area contributed by atoms with Gasteiger partial charge in [0.05, 0.1) is 5.52 Å². The van der Waals surface area contributed by atoms with Crippen LogP contribution in [0.2, 0.25) is 0 Å². The van der Waals surface area contributed by atoms with Gasteiger partial charge in [0.1, 0.15) is 0 Å². The number of benzene rings is 2. The Balaban J connectivity index is 2.37. The van der Waals surface area contributed by atoms with E-state index >= 15 is 0 Å². The van der Waals surface area contributed by atoms with E-state index in [1.54, 1.807) is 0 Å². The van der Waals surface area contributed by atoms with Gasteiger partial charge in [-0.2, -0.15) is 0 Å². The van der Waals surface area contributed by atoms with Gasteiger partial charge >= 0.3 is 0 Å². The summed E-state index contributed by atoms with van der Waals surface area (Å²) in [6, 6.07) is 14.6. The van der Waals surface area contributed by atoms with E-state index in [0.717, 1.165) is 30.5 Å². The van der Waals surface area contributed by atoms with E-state index in [2.05, 4.69) is 41.8 Å². The normalized spacial score (nSPS) is 11.6. The quantitative estimate of drug-likeness (QED) is 0.575. The molecule has 0 spiro atoms. The first-order valence-corrected chi connectivity index (χ1v) is 8.19. The highest BCUT2D eigenvalue weighted by Crippen LogP contribution is 2.32. The van der Waals surface area contributed by atoms with E-state index in [9.17, 15) is 4.79 Å². The van der Waals surface area contributed by atoms with Crippen molar-refractivity contribution in [2.75, 3.05) is 0 Å². The molecule has 0 fully saturated rings. The van der Waals surface area contributed by atoms with Gasteiger partial charge in [-0.15, -0.1) is 0 Å². The van der Waals surface area contributed by atoms with Gasteiger partial charge < -0.3 is 4.57 Å². The standard InChI is InChI=1S/C20H23NO/c1-4-5-13-21-18-12-7-6-9-15(18)16-10-8-11-17(19(16)21)20(22)14(2)3/h6-12,14H,4-5,13H2,1-3H3. The molecule has 114 valence electrons. The van der Waals surface area contributed by atoms with Crippen molar-refractivity contribution >= 4 is 27.6 Å². The summed E-state index contributed by atoms with van der Waals surface area (Å²) in [5, 5.41) is 2.44. The van der Waals surface area contributed by atoms with E-state index in [1.807, 2.05) is 26.0 Å². The van der Waals surface area contributed by atoms with Gasteiger partial charge in [-0.05, 0) is 18.6 Å². The third-order valence-corrected chi connectivity index (χ3v) is 4.32. The molecule has 0 amide bonds. The lowest BCUT2D eigenvalue weighted by Gasteiger charge is -2.11. The maximum absolute atomic E-state index is 12.6. The Morgan fingerprint density at radius 1 is 1.05 bits per heavy atom. The first-order chi connectivity index (χ1) is 10.6. The number of unbranched alkanes of at least 4 members (excludes halogenated alkanes) is 1. The Hall–Kier alpha value is -2.09. The maximum Gasteiger partial charge on any atom is 0.167 e. The fourth-order valence-electron chi connectivity index (χ4n) is 3.17. The molecule has 0 saturated carbocycles. The zero-order chi connectivity index (χ0) is 15.7. The lowest BCUT2D eigenvalue weighted by molar-refractivity contribution is 0.0940. The molecule has 1 aromatic heterocycles. The minimum absolute atomic E-state index is 0.0169. The van der Waals surface area contributed by atoms with Gasteiger partial charge in [0.25, 0.3) is 0 Å². The van der Waals surface area contributed by atoms with Crippen molar-refractivity contribution in [2.45, 2.75) is 40.2 Å². The van der Waals surface area contributed by atoms with Crippen LogP contribution in [0.3, 0.4) is 0 Å². The summed E-state index contributed by atoms with van der Waals surface area (Å²) in [7, 11) is 0. The number of hydrogen-bond acceptors (Lipinski definition) is 1. The van der Waals surface area contributed by atoms with Crippen LogP contribution in [0, 0.1) is 5.92 Å². The Morgan fingerprint density at radius 2 is 1.77 bits per heavy atom. The molecule has 0 aliphatic carbocycles. The SMILES string of the molecule is CCCCn1c2ccccc2c2cccc(C(=O)C(C)C)c21. The number of rotatable bonds is 5. The van der Waals surface area contributed by atoms with Gasteiger partial charge in [0.15, 0.2) is 5.78 Å². The summed E-state index contributed by atoms with van der Waals surface area (Å²) in [6.07, 6.45) is 2.27. The van der Waals surface area contributed by atoms with E-state index in [4.69, 9.17) is 0 Å². The molecule has 1 heterocycles. The molecular weight excluding hydrogens is 270 g/mol. The summed E-state index contributed by atoms with van der Waals surface area (Å²) in [5.41, 5.74) is 3.20. The highest BCUT2D eigenvalue weighted by Gasteiger charge is 2.19. The monoisotopic (exact) mass is 293 g/mol. The fraction of sp³-hybridized carbons (Fsp3) is 0.350. The van der Waals surface area contributed by atoms with Crippen LogP contribution in [0.5, 0.6) is 0 Å². The number of carbonyl (C=O) groups is 1. The van der Waals surface area contributed by atoms with Gasteiger partial charge in [0, 0.05) is 34.3 Å². The van der Waals surface area contributed by atoms with Crippen molar-refractivity contribution in [1.29, 1.82) is 0 Å². The summed E-state index contributed by atoms with van der Waals surface area (Å²) >= 11 is 0. The van der Waals surface area contributed by atoms with Crippen LogP contribution in [-0.4, -0.2) is 10.4 Å². The smallest absolute Gasteiger partial charge is 0.167 e. The van der Waals surface area contributed by atoms with Crippen molar-refractivity contribution < 1.29 is 4.79 Å². The Bertz CT molecular complexity index is 826. The minimum atomic E-state index is 0.0169. The number of aromatic nitrogens is 1. The molecule has 0 unspecified atom stereocenters. The fourth-order valence-corrected chi connectivity index (χ4v) is 3.17. The van der Waals surface area contributed by atoms with Crippen molar-refractivity contribution in [3.8, 4) is 0 Å². The topological polar surface area (TPSA) is 22.0 Å². The molecule has 3 aromatic rings. The Kier molecular flexibility index (Phi) is 4.02. The molecule has 0 aliphatic rings. The first-order valence-electron chi connectivity index (χ1n) is 8.19. The van der Waals surface area contributed by atoms with Crippen LogP contribution in [0.15, 0.2) is 42.5 Å². The number of para-hydroxylation sites is 2. The highest BCUT2D eigenvalue weighted by molar-refractivity contribution is 6.16. The van der Waals surface area contributed by atoms with Crippen molar-refractivity contribution in [3.63, 3.8) is 0 Å². The molecule has 3 rings (SSSR count). The van der Waals surface area contributed by atoms with Crippen LogP contribution in [0.4, 0.5) is 0 Å². The van der Waals surface area contributed by atoms with Crippen molar-refractivity contribution in [2.24, 2.45) is 5.92 Å².